The monoisotopic (exact) mass is 349 g/mol. The van der Waals surface area contributed by atoms with Crippen molar-refractivity contribution in [2.45, 2.75) is 0 Å². The van der Waals surface area contributed by atoms with Gasteiger partial charge in [0, 0.05) is 37.4 Å². The number of carbonyl (C=O) groups is 2. The van der Waals surface area contributed by atoms with Gasteiger partial charge in [0.1, 0.15) is 17.5 Å². The van der Waals surface area contributed by atoms with Crippen molar-refractivity contribution < 1.29 is 9.59 Å². The third-order valence-electron chi connectivity index (χ3n) is 4.70. The molecule has 0 saturated carbocycles. The second-order valence-electron chi connectivity index (χ2n) is 6.46. The molecule has 1 aromatic carbocycles. The maximum Gasteiger partial charge on any atom is 0.254 e. The Morgan fingerprint density at radius 3 is 2.69 bits per heavy atom. The van der Waals surface area contributed by atoms with Gasteiger partial charge in [-0.15, -0.1) is 0 Å². The molecule has 7 heteroatoms. The van der Waals surface area contributed by atoms with Crippen molar-refractivity contribution in [3.8, 4) is 5.69 Å². The lowest BCUT2D eigenvalue weighted by atomic mass is 10.1. The number of hydrogen-bond donors (Lipinski definition) is 0. The first kappa shape index (κ1) is 16.4. The van der Waals surface area contributed by atoms with Gasteiger partial charge >= 0.3 is 0 Å². The third-order valence-corrected chi connectivity index (χ3v) is 4.70. The van der Waals surface area contributed by atoms with E-state index in [-0.39, 0.29) is 5.91 Å². The topological polar surface area (TPSA) is 71.3 Å². The number of nitrogens with zero attached hydrogens (tertiary/aromatic N) is 5. The fraction of sp³-hybridized carbons (Fsp3) is 0.263. The molecular weight excluding hydrogens is 330 g/mol. The van der Waals surface area contributed by atoms with E-state index < -0.39 is 0 Å². The number of likely N-dealkylation sites (N-methyl/N-ethyl adjacent to an activating group) is 1. The second kappa shape index (κ2) is 6.68. The van der Waals surface area contributed by atoms with E-state index in [0.717, 1.165) is 31.9 Å². The first-order valence-corrected chi connectivity index (χ1v) is 8.53. The molecule has 132 valence electrons. The SMILES string of the molecule is CN1CCN(C(=O)c2cccc(-n3cnc4ccc(C=O)nc43)c2)CC1. The summed E-state index contributed by atoms with van der Waals surface area (Å²) in [5.41, 5.74) is 3.08. The molecule has 1 fully saturated rings. The van der Waals surface area contributed by atoms with Crippen molar-refractivity contribution in [2.24, 2.45) is 0 Å². The zero-order chi connectivity index (χ0) is 18.1. The van der Waals surface area contributed by atoms with Gasteiger partial charge in [0.2, 0.25) is 0 Å². The lowest BCUT2D eigenvalue weighted by Crippen LogP contribution is -2.47. The standard InChI is InChI=1S/C19H19N5O2/c1-22-7-9-23(10-8-22)19(26)14-3-2-4-16(11-14)24-13-20-17-6-5-15(12-25)21-18(17)24/h2-6,11-13H,7-10H2,1H3. The number of aldehydes is 1. The Bertz CT molecular complexity index is 973. The Labute approximate surface area is 150 Å². The molecule has 2 aromatic heterocycles. The average molecular weight is 349 g/mol. The predicted octanol–water partition coefficient (Wildman–Crippen LogP) is 1.62. The minimum absolute atomic E-state index is 0.0333. The van der Waals surface area contributed by atoms with Gasteiger partial charge in [-0.2, -0.15) is 0 Å². The highest BCUT2D eigenvalue weighted by Gasteiger charge is 2.20. The Hall–Kier alpha value is -3.06. The maximum absolute atomic E-state index is 12.8. The van der Waals surface area contributed by atoms with Gasteiger partial charge in [0.15, 0.2) is 11.9 Å². The van der Waals surface area contributed by atoms with Crippen LogP contribution in [-0.4, -0.2) is 69.8 Å². The van der Waals surface area contributed by atoms with Crippen molar-refractivity contribution in [2.75, 3.05) is 33.2 Å². The highest BCUT2D eigenvalue weighted by Crippen LogP contribution is 2.19. The summed E-state index contributed by atoms with van der Waals surface area (Å²) >= 11 is 0. The van der Waals surface area contributed by atoms with E-state index in [0.29, 0.717) is 28.7 Å². The smallest absolute Gasteiger partial charge is 0.254 e. The van der Waals surface area contributed by atoms with Crippen LogP contribution in [0, 0.1) is 0 Å². The molecule has 0 bridgehead atoms. The summed E-state index contributed by atoms with van der Waals surface area (Å²) in [4.78, 5) is 36.6. The summed E-state index contributed by atoms with van der Waals surface area (Å²) in [5, 5.41) is 0. The molecule has 0 atom stereocenters. The van der Waals surface area contributed by atoms with Crippen LogP contribution in [0.15, 0.2) is 42.7 Å². The number of hydrogen-bond acceptors (Lipinski definition) is 5. The van der Waals surface area contributed by atoms with E-state index >= 15 is 0 Å². The summed E-state index contributed by atoms with van der Waals surface area (Å²) in [5.74, 6) is 0.0333. The molecule has 1 saturated heterocycles. The number of benzene rings is 1. The van der Waals surface area contributed by atoms with Gasteiger partial charge in [-0.1, -0.05) is 6.07 Å². The van der Waals surface area contributed by atoms with E-state index in [1.807, 2.05) is 29.2 Å². The van der Waals surface area contributed by atoms with E-state index in [4.69, 9.17) is 0 Å². The third kappa shape index (κ3) is 2.97. The maximum atomic E-state index is 12.8. The molecular formula is C19H19N5O2. The van der Waals surface area contributed by atoms with Gasteiger partial charge in [-0.3, -0.25) is 14.2 Å². The van der Waals surface area contributed by atoms with Crippen LogP contribution in [0.4, 0.5) is 0 Å². The molecule has 0 N–H and O–H groups in total. The molecule has 1 amide bonds. The molecule has 0 unspecified atom stereocenters. The van der Waals surface area contributed by atoms with Crippen molar-refractivity contribution >= 4 is 23.4 Å². The van der Waals surface area contributed by atoms with Crippen LogP contribution in [0.3, 0.4) is 0 Å². The molecule has 4 rings (SSSR count). The molecule has 0 radical (unpaired) electrons. The number of carbonyl (C=O) groups excluding carboxylic acids is 2. The molecule has 3 heterocycles. The lowest BCUT2D eigenvalue weighted by Gasteiger charge is -2.32. The number of fused-ring (bicyclic) bond motifs is 1. The Kier molecular flexibility index (Phi) is 4.22. The first-order chi connectivity index (χ1) is 12.7. The molecule has 1 aliphatic heterocycles. The minimum Gasteiger partial charge on any atom is -0.336 e. The molecule has 3 aromatic rings. The molecule has 0 aliphatic carbocycles. The van der Waals surface area contributed by atoms with Crippen LogP contribution >= 0.6 is 0 Å². The fourth-order valence-corrected chi connectivity index (χ4v) is 3.14. The van der Waals surface area contributed by atoms with Crippen LogP contribution < -0.4 is 0 Å². The van der Waals surface area contributed by atoms with Crippen LogP contribution in [0.1, 0.15) is 20.8 Å². The second-order valence-corrected chi connectivity index (χ2v) is 6.46. The molecule has 7 nitrogen and oxygen atoms in total. The lowest BCUT2D eigenvalue weighted by molar-refractivity contribution is 0.0664. The highest BCUT2D eigenvalue weighted by molar-refractivity contribution is 5.95. The Morgan fingerprint density at radius 2 is 1.92 bits per heavy atom. The van der Waals surface area contributed by atoms with Crippen molar-refractivity contribution in [3.05, 3.63) is 54.0 Å². The minimum atomic E-state index is 0.0333. The van der Waals surface area contributed by atoms with Crippen molar-refractivity contribution in [3.63, 3.8) is 0 Å². The van der Waals surface area contributed by atoms with E-state index in [1.54, 1.807) is 23.0 Å². The number of aromatic nitrogens is 3. The summed E-state index contributed by atoms with van der Waals surface area (Å²) in [6.07, 6.45) is 2.37. The van der Waals surface area contributed by atoms with Crippen molar-refractivity contribution in [1.29, 1.82) is 0 Å². The zero-order valence-corrected chi connectivity index (χ0v) is 14.5. The van der Waals surface area contributed by atoms with Gasteiger partial charge in [0.05, 0.1) is 0 Å². The first-order valence-electron chi connectivity index (χ1n) is 8.53. The van der Waals surface area contributed by atoms with Gasteiger partial charge < -0.3 is 9.80 Å². The molecule has 1 aliphatic rings. The number of amides is 1. The molecule has 26 heavy (non-hydrogen) atoms. The van der Waals surface area contributed by atoms with Gasteiger partial charge in [0.25, 0.3) is 5.91 Å². The highest BCUT2D eigenvalue weighted by atomic mass is 16.2. The largest absolute Gasteiger partial charge is 0.336 e. The van der Waals surface area contributed by atoms with Crippen LogP contribution in [0.25, 0.3) is 16.9 Å². The number of piperazine rings is 1. The van der Waals surface area contributed by atoms with Crippen LogP contribution in [0.2, 0.25) is 0 Å². The van der Waals surface area contributed by atoms with E-state index in [2.05, 4.69) is 21.9 Å². The average Bonchev–Trinajstić information content (AvgIpc) is 3.11. The summed E-state index contributed by atoms with van der Waals surface area (Å²) in [6, 6.07) is 10.8. The van der Waals surface area contributed by atoms with E-state index in [9.17, 15) is 9.59 Å². The summed E-state index contributed by atoms with van der Waals surface area (Å²) < 4.78 is 1.79. The quantitative estimate of drug-likeness (QED) is 0.672. The van der Waals surface area contributed by atoms with Gasteiger partial charge in [-0.25, -0.2) is 9.97 Å². The number of imidazole rings is 1. The van der Waals surface area contributed by atoms with E-state index in [1.165, 1.54) is 0 Å². The van der Waals surface area contributed by atoms with Crippen LogP contribution in [-0.2, 0) is 0 Å². The number of pyridine rings is 1. The zero-order valence-electron chi connectivity index (χ0n) is 14.5. The predicted molar refractivity (Wildman–Crippen MR) is 97.7 cm³/mol. The Morgan fingerprint density at radius 1 is 1.12 bits per heavy atom. The number of rotatable bonds is 3. The normalized spacial score (nSPS) is 15.3. The summed E-state index contributed by atoms with van der Waals surface area (Å²) in [7, 11) is 2.06. The Balaban J connectivity index is 1.68. The fourth-order valence-electron chi connectivity index (χ4n) is 3.14. The summed E-state index contributed by atoms with van der Waals surface area (Å²) in [6.45, 7) is 3.24. The van der Waals surface area contributed by atoms with Crippen LogP contribution in [0.5, 0.6) is 0 Å². The molecule has 0 spiro atoms. The van der Waals surface area contributed by atoms with Gasteiger partial charge in [-0.05, 0) is 37.4 Å². The van der Waals surface area contributed by atoms with Crippen molar-refractivity contribution in [1.82, 2.24) is 24.3 Å².